The Kier molecular flexibility index (Phi) is 3.97. The molecule has 2 rings (SSSR count). The van der Waals surface area contributed by atoms with Crippen molar-refractivity contribution < 1.29 is 4.79 Å². The third-order valence-corrected chi connectivity index (χ3v) is 3.40. The molecule has 94 valence electrons. The molecule has 1 aromatic heterocycles. The van der Waals surface area contributed by atoms with Gasteiger partial charge in [0, 0.05) is 15.7 Å². The predicted molar refractivity (Wildman–Crippen MR) is 75.4 cm³/mol. The Morgan fingerprint density at radius 1 is 1.28 bits per heavy atom. The summed E-state index contributed by atoms with van der Waals surface area (Å²) in [7, 11) is 0. The quantitative estimate of drug-likeness (QED) is 0.809. The van der Waals surface area contributed by atoms with Crippen molar-refractivity contribution in [2.75, 3.05) is 0 Å². The maximum atomic E-state index is 11.2. The van der Waals surface area contributed by atoms with Crippen LogP contribution in [0.4, 0.5) is 0 Å². The summed E-state index contributed by atoms with van der Waals surface area (Å²) in [4.78, 5) is 11.2. The Labute approximate surface area is 115 Å². The standard InChI is InChI=1S/C14H15BrN2O/c1-3-12-8-13(4-2)17(16-12)14-6-5-11(15)7-10(14)9-18/h5-9H,3-4H2,1-2H3. The average molecular weight is 307 g/mol. The van der Waals surface area contributed by atoms with Crippen LogP contribution in [-0.4, -0.2) is 16.1 Å². The smallest absolute Gasteiger partial charge is 0.152 e. The molecule has 0 spiro atoms. The number of hydrogen-bond acceptors (Lipinski definition) is 2. The Hall–Kier alpha value is -1.42. The van der Waals surface area contributed by atoms with E-state index in [4.69, 9.17) is 0 Å². The van der Waals surface area contributed by atoms with E-state index in [2.05, 4.69) is 40.9 Å². The van der Waals surface area contributed by atoms with Crippen molar-refractivity contribution in [3.05, 3.63) is 45.7 Å². The molecule has 0 N–H and O–H groups in total. The molecule has 0 amide bonds. The predicted octanol–water partition coefficient (Wildman–Crippen LogP) is 3.57. The fraction of sp³-hybridized carbons (Fsp3) is 0.286. The van der Waals surface area contributed by atoms with E-state index in [0.717, 1.165) is 40.7 Å². The van der Waals surface area contributed by atoms with Crippen molar-refractivity contribution in [2.24, 2.45) is 0 Å². The number of benzene rings is 1. The van der Waals surface area contributed by atoms with Crippen LogP contribution >= 0.6 is 15.9 Å². The number of halogens is 1. The summed E-state index contributed by atoms with van der Waals surface area (Å²) >= 11 is 3.38. The van der Waals surface area contributed by atoms with Crippen LogP contribution in [0.15, 0.2) is 28.7 Å². The summed E-state index contributed by atoms with van der Waals surface area (Å²) in [5.41, 5.74) is 3.65. The highest BCUT2D eigenvalue weighted by atomic mass is 79.9. The van der Waals surface area contributed by atoms with E-state index in [1.807, 2.05) is 22.9 Å². The van der Waals surface area contributed by atoms with Gasteiger partial charge in [0.1, 0.15) is 0 Å². The summed E-state index contributed by atoms with van der Waals surface area (Å²) in [6.45, 7) is 4.17. The van der Waals surface area contributed by atoms with Gasteiger partial charge in [0.2, 0.25) is 0 Å². The van der Waals surface area contributed by atoms with Crippen molar-refractivity contribution in [1.29, 1.82) is 0 Å². The van der Waals surface area contributed by atoms with Crippen LogP contribution in [0.2, 0.25) is 0 Å². The summed E-state index contributed by atoms with van der Waals surface area (Å²) in [6.07, 6.45) is 2.65. The first-order valence-electron chi connectivity index (χ1n) is 6.02. The fourth-order valence-electron chi connectivity index (χ4n) is 1.92. The second-order valence-electron chi connectivity index (χ2n) is 4.07. The zero-order valence-electron chi connectivity index (χ0n) is 10.5. The van der Waals surface area contributed by atoms with Gasteiger partial charge >= 0.3 is 0 Å². The minimum Gasteiger partial charge on any atom is -0.298 e. The van der Waals surface area contributed by atoms with Crippen LogP contribution in [0.1, 0.15) is 35.6 Å². The number of carbonyl (C=O) groups excluding carboxylic acids is 1. The molecule has 0 fully saturated rings. The van der Waals surface area contributed by atoms with E-state index in [1.165, 1.54) is 0 Å². The highest BCUT2D eigenvalue weighted by Crippen LogP contribution is 2.21. The maximum Gasteiger partial charge on any atom is 0.152 e. The maximum absolute atomic E-state index is 11.2. The van der Waals surface area contributed by atoms with E-state index < -0.39 is 0 Å². The van der Waals surface area contributed by atoms with Gasteiger partial charge < -0.3 is 0 Å². The Balaban J connectivity index is 2.60. The largest absolute Gasteiger partial charge is 0.298 e. The zero-order valence-corrected chi connectivity index (χ0v) is 12.1. The van der Waals surface area contributed by atoms with Gasteiger partial charge in [0.15, 0.2) is 6.29 Å². The number of aldehydes is 1. The SMILES string of the molecule is CCc1cc(CC)n(-c2ccc(Br)cc2C=O)n1. The van der Waals surface area contributed by atoms with Crippen LogP contribution in [0.3, 0.4) is 0 Å². The molecular weight excluding hydrogens is 292 g/mol. The molecule has 0 bridgehead atoms. The summed E-state index contributed by atoms with van der Waals surface area (Å²) in [6, 6.07) is 7.75. The molecule has 3 nitrogen and oxygen atoms in total. The molecule has 0 aliphatic carbocycles. The van der Waals surface area contributed by atoms with Gasteiger partial charge in [-0.1, -0.05) is 29.8 Å². The second-order valence-corrected chi connectivity index (χ2v) is 4.98. The van der Waals surface area contributed by atoms with Crippen molar-refractivity contribution in [1.82, 2.24) is 9.78 Å². The molecule has 0 unspecified atom stereocenters. The average Bonchev–Trinajstić information content (AvgIpc) is 2.81. The molecule has 0 radical (unpaired) electrons. The summed E-state index contributed by atoms with van der Waals surface area (Å²) in [5.74, 6) is 0. The molecule has 2 aromatic rings. The molecule has 0 saturated heterocycles. The van der Waals surface area contributed by atoms with Gasteiger partial charge in [0.05, 0.1) is 11.4 Å². The first kappa shape index (κ1) is 13.0. The van der Waals surface area contributed by atoms with Crippen molar-refractivity contribution in [3.8, 4) is 5.69 Å². The van der Waals surface area contributed by atoms with Crippen molar-refractivity contribution in [3.63, 3.8) is 0 Å². The van der Waals surface area contributed by atoms with Crippen LogP contribution < -0.4 is 0 Å². The molecular formula is C14H15BrN2O. The van der Waals surface area contributed by atoms with Gasteiger partial charge in [-0.05, 0) is 37.1 Å². The third-order valence-electron chi connectivity index (χ3n) is 2.90. The van der Waals surface area contributed by atoms with E-state index in [-0.39, 0.29) is 0 Å². The number of aryl methyl sites for hydroxylation is 2. The first-order chi connectivity index (χ1) is 8.69. The van der Waals surface area contributed by atoms with Crippen LogP contribution in [0, 0.1) is 0 Å². The van der Waals surface area contributed by atoms with Crippen molar-refractivity contribution >= 4 is 22.2 Å². The monoisotopic (exact) mass is 306 g/mol. The lowest BCUT2D eigenvalue weighted by Crippen LogP contribution is -2.05. The molecule has 0 aliphatic heterocycles. The van der Waals surface area contributed by atoms with E-state index >= 15 is 0 Å². The minimum absolute atomic E-state index is 0.643. The fourth-order valence-corrected chi connectivity index (χ4v) is 2.30. The molecule has 0 aliphatic rings. The number of carbonyl (C=O) groups is 1. The highest BCUT2D eigenvalue weighted by molar-refractivity contribution is 9.10. The van der Waals surface area contributed by atoms with E-state index in [0.29, 0.717) is 5.56 Å². The van der Waals surface area contributed by atoms with Gasteiger partial charge in [-0.25, -0.2) is 4.68 Å². The number of nitrogens with zero attached hydrogens (tertiary/aromatic N) is 2. The van der Waals surface area contributed by atoms with Gasteiger partial charge in [0.25, 0.3) is 0 Å². The molecule has 1 aromatic carbocycles. The lowest BCUT2D eigenvalue weighted by molar-refractivity contribution is 0.112. The van der Waals surface area contributed by atoms with Crippen LogP contribution in [0.25, 0.3) is 5.69 Å². The van der Waals surface area contributed by atoms with Crippen LogP contribution in [0.5, 0.6) is 0 Å². The lowest BCUT2D eigenvalue weighted by atomic mass is 10.2. The van der Waals surface area contributed by atoms with Crippen molar-refractivity contribution in [2.45, 2.75) is 26.7 Å². The molecule has 18 heavy (non-hydrogen) atoms. The Morgan fingerprint density at radius 2 is 2.06 bits per heavy atom. The van der Waals surface area contributed by atoms with Gasteiger partial charge in [-0.3, -0.25) is 4.79 Å². The normalized spacial score (nSPS) is 10.6. The Bertz CT molecular complexity index is 575. The topological polar surface area (TPSA) is 34.9 Å². The summed E-state index contributed by atoms with van der Waals surface area (Å²) in [5, 5.41) is 4.55. The second kappa shape index (κ2) is 5.48. The number of hydrogen-bond donors (Lipinski definition) is 0. The van der Waals surface area contributed by atoms with Crippen LogP contribution in [-0.2, 0) is 12.8 Å². The molecule has 0 atom stereocenters. The summed E-state index contributed by atoms with van der Waals surface area (Å²) < 4.78 is 2.77. The van der Waals surface area contributed by atoms with E-state index in [1.54, 1.807) is 0 Å². The zero-order chi connectivity index (χ0) is 13.1. The minimum atomic E-state index is 0.643. The number of aromatic nitrogens is 2. The lowest BCUT2D eigenvalue weighted by Gasteiger charge is -2.08. The Morgan fingerprint density at radius 3 is 2.67 bits per heavy atom. The van der Waals surface area contributed by atoms with Gasteiger partial charge in [-0.15, -0.1) is 0 Å². The number of rotatable bonds is 4. The third kappa shape index (κ3) is 2.38. The molecule has 1 heterocycles. The highest BCUT2D eigenvalue weighted by Gasteiger charge is 2.11. The molecule has 0 saturated carbocycles. The van der Waals surface area contributed by atoms with E-state index in [9.17, 15) is 4.79 Å². The van der Waals surface area contributed by atoms with Gasteiger partial charge in [-0.2, -0.15) is 5.10 Å². The molecule has 4 heteroatoms. The first-order valence-corrected chi connectivity index (χ1v) is 6.81.